The molecular weight excluding hydrogens is 376 g/mol. The van der Waals surface area contributed by atoms with Crippen LogP contribution in [-0.2, 0) is 15.0 Å². The van der Waals surface area contributed by atoms with E-state index in [1.165, 1.54) is 0 Å². The van der Waals surface area contributed by atoms with Crippen molar-refractivity contribution in [3.63, 3.8) is 0 Å². The molecule has 2 aromatic rings. The minimum absolute atomic E-state index is 0.0331. The summed E-state index contributed by atoms with van der Waals surface area (Å²) < 4.78 is 0. The van der Waals surface area contributed by atoms with E-state index in [1.54, 1.807) is 6.20 Å². The van der Waals surface area contributed by atoms with E-state index in [4.69, 9.17) is 0 Å². The number of piperidine rings is 1. The average Bonchev–Trinajstić information content (AvgIpc) is 3.70. The van der Waals surface area contributed by atoms with Crippen LogP contribution in [0.1, 0.15) is 51.0 Å². The van der Waals surface area contributed by atoms with E-state index in [-0.39, 0.29) is 28.6 Å². The Bertz CT molecular complexity index is 1080. The quantitative estimate of drug-likeness (QED) is 0.843. The molecule has 1 saturated heterocycles. The van der Waals surface area contributed by atoms with E-state index >= 15 is 0 Å². The first-order chi connectivity index (χ1) is 14.5. The highest BCUT2D eigenvalue weighted by molar-refractivity contribution is 5.94. The Balaban J connectivity index is 1.30. The predicted molar refractivity (Wildman–Crippen MR) is 114 cm³/mol. The molecule has 3 aliphatic rings. The van der Waals surface area contributed by atoms with Gasteiger partial charge in [-0.05, 0) is 60.6 Å². The lowest BCUT2D eigenvalue weighted by Crippen LogP contribution is -2.41. The average molecular weight is 402 g/mol. The van der Waals surface area contributed by atoms with Gasteiger partial charge in [-0.3, -0.25) is 9.59 Å². The Morgan fingerprint density at radius 1 is 1.23 bits per heavy atom. The third kappa shape index (κ3) is 2.96. The molecule has 6 nitrogen and oxygen atoms in total. The molecule has 2 heterocycles. The van der Waals surface area contributed by atoms with Gasteiger partial charge in [-0.25, -0.2) is 4.98 Å². The maximum Gasteiger partial charge on any atom is 0.228 e. The van der Waals surface area contributed by atoms with Gasteiger partial charge in [-0.15, -0.1) is 0 Å². The highest BCUT2D eigenvalue weighted by Crippen LogP contribution is 2.78. The molecule has 2 aliphatic carbocycles. The number of hydrogen-bond donors (Lipinski definition) is 1. The molecule has 1 atom stereocenters. The molecule has 5 rings (SSSR count). The Morgan fingerprint density at radius 2 is 2.00 bits per heavy atom. The van der Waals surface area contributed by atoms with E-state index < -0.39 is 0 Å². The van der Waals surface area contributed by atoms with Crippen molar-refractivity contribution in [2.75, 3.05) is 18.4 Å². The fraction of sp³-hybridized carbons (Fsp3) is 0.500. The van der Waals surface area contributed by atoms with Crippen LogP contribution in [0.2, 0.25) is 0 Å². The van der Waals surface area contributed by atoms with Gasteiger partial charge in [-0.2, -0.15) is 5.26 Å². The molecule has 6 heteroatoms. The molecule has 2 saturated carbocycles. The fourth-order valence-electron chi connectivity index (χ4n) is 5.17. The number of hydrogen-bond acceptors (Lipinski definition) is 4. The number of rotatable bonds is 4. The number of carbonyl (C=O) groups excluding carboxylic acids is 2. The van der Waals surface area contributed by atoms with E-state index in [9.17, 15) is 14.9 Å². The van der Waals surface area contributed by atoms with Crippen LogP contribution in [0.25, 0.3) is 10.8 Å². The molecule has 0 bridgehead atoms. The number of anilines is 1. The second-order valence-electron chi connectivity index (χ2n) is 9.10. The van der Waals surface area contributed by atoms with Crippen LogP contribution in [0.3, 0.4) is 0 Å². The fourth-order valence-corrected chi connectivity index (χ4v) is 5.17. The molecule has 1 aliphatic heterocycles. The smallest absolute Gasteiger partial charge is 0.228 e. The molecule has 154 valence electrons. The van der Waals surface area contributed by atoms with Crippen LogP contribution in [0.4, 0.5) is 5.82 Å². The van der Waals surface area contributed by atoms with Crippen LogP contribution in [0, 0.1) is 22.7 Å². The molecule has 1 aromatic carbocycles. The van der Waals surface area contributed by atoms with Crippen LogP contribution in [0.5, 0.6) is 0 Å². The van der Waals surface area contributed by atoms with Crippen LogP contribution >= 0.6 is 0 Å². The standard InChI is InChI=1S/C24H26N4O2/c1-2-21(29)28-9-5-16(6-10-28)22(30)27-20-12-18-11-19(4-3-17(18)13-26-20)24(15-25)14-23(24)7-8-23/h3-4,11-13,16H,2,5-10,14H2,1H3,(H,26,27,30)/t24-/m1/s1. The van der Waals surface area contributed by atoms with Crippen molar-refractivity contribution in [1.82, 2.24) is 9.88 Å². The van der Waals surface area contributed by atoms with Crippen molar-refractivity contribution in [2.45, 2.75) is 50.9 Å². The first-order valence-electron chi connectivity index (χ1n) is 10.9. The highest BCUT2D eigenvalue weighted by atomic mass is 16.2. The van der Waals surface area contributed by atoms with E-state index in [2.05, 4.69) is 28.5 Å². The van der Waals surface area contributed by atoms with E-state index in [0.717, 1.165) is 35.6 Å². The summed E-state index contributed by atoms with van der Waals surface area (Å²) in [7, 11) is 0. The lowest BCUT2D eigenvalue weighted by molar-refractivity contribution is -0.134. The zero-order valence-corrected chi connectivity index (χ0v) is 17.3. The SMILES string of the molecule is CCC(=O)N1CCC(C(=O)Nc2cc3cc([C@]4(C#N)CC45CC5)ccc3cn2)CC1. The molecule has 1 aromatic heterocycles. The molecule has 30 heavy (non-hydrogen) atoms. The molecule has 3 fully saturated rings. The van der Waals surface area contributed by atoms with Crippen LogP contribution < -0.4 is 5.32 Å². The lowest BCUT2D eigenvalue weighted by atomic mass is 9.92. The normalized spacial score (nSPS) is 24.5. The number of nitrogens with one attached hydrogen (secondary N) is 1. The zero-order chi connectivity index (χ0) is 20.9. The number of amides is 2. The lowest BCUT2D eigenvalue weighted by Gasteiger charge is -2.31. The summed E-state index contributed by atoms with van der Waals surface area (Å²) in [5.41, 5.74) is 0.997. The largest absolute Gasteiger partial charge is 0.343 e. The monoisotopic (exact) mass is 402 g/mol. The summed E-state index contributed by atoms with van der Waals surface area (Å²) in [6, 6.07) is 10.7. The summed E-state index contributed by atoms with van der Waals surface area (Å²) >= 11 is 0. The summed E-state index contributed by atoms with van der Waals surface area (Å²) in [6.07, 6.45) is 6.92. The Kier molecular flexibility index (Phi) is 4.32. The number of likely N-dealkylation sites (tertiary alicyclic amines) is 1. The van der Waals surface area contributed by atoms with Gasteiger partial charge < -0.3 is 10.2 Å². The molecule has 2 amide bonds. The molecule has 0 radical (unpaired) electrons. The maximum absolute atomic E-state index is 12.7. The maximum atomic E-state index is 12.7. The van der Waals surface area contributed by atoms with Gasteiger partial charge in [0.1, 0.15) is 5.82 Å². The molecule has 1 N–H and O–H groups in total. The number of fused-ring (bicyclic) bond motifs is 1. The molecule has 0 unspecified atom stereocenters. The van der Waals surface area contributed by atoms with Crippen molar-refractivity contribution in [2.24, 2.45) is 11.3 Å². The van der Waals surface area contributed by atoms with Gasteiger partial charge >= 0.3 is 0 Å². The topological polar surface area (TPSA) is 86.1 Å². The van der Waals surface area contributed by atoms with Crippen molar-refractivity contribution < 1.29 is 9.59 Å². The Labute approximate surface area is 176 Å². The van der Waals surface area contributed by atoms with E-state index in [0.29, 0.717) is 38.2 Å². The van der Waals surface area contributed by atoms with Gasteiger partial charge in [0, 0.05) is 37.0 Å². The van der Waals surface area contributed by atoms with Gasteiger partial charge in [0.2, 0.25) is 11.8 Å². The van der Waals surface area contributed by atoms with Gasteiger partial charge in [0.05, 0.1) is 11.5 Å². The zero-order valence-electron chi connectivity index (χ0n) is 17.3. The Morgan fingerprint density at radius 3 is 2.63 bits per heavy atom. The molecular formula is C24H26N4O2. The van der Waals surface area contributed by atoms with Crippen molar-refractivity contribution in [3.05, 3.63) is 36.0 Å². The minimum atomic E-state index is -0.322. The number of nitrogens with zero attached hydrogens (tertiary/aromatic N) is 3. The van der Waals surface area contributed by atoms with Gasteiger partial charge in [0.15, 0.2) is 0 Å². The highest BCUT2D eigenvalue weighted by Gasteiger charge is 2.75. The number of aromatic nitrogens is 1. The van der Waals surface area contributed by atoms with Gasteiger partial charge in [0.25, 0.3) is 0 Å². The van der Waals surface area contributed by atoms with Crippen LogP contribution in [0.15, 0.2) is 30.5 Å². The number of carbonyl (C=O) groups is 2. The van der Waals surface area contributed by atoms with Crippen molar-refractivity contribution in [1.29, 1.82) is 5.26 Å². The number of nitriles is 1. The van der Waals surface area contributed by atoms with Crippen LogP contribution in [-0.4, -0.2) is 34.8 Å². The summed E-state index contributed by atoms with van der Waals surface area (Å²) in [5.74, 6) is 0.561. The third-order valence-electron chi connectivity index (χ3n) is 7.42. The second-order valence-corrected chi connectivity index (χ2v) is 9.10. The number of benzene rings is 1. The summed E-state index contributed by atoms with van der Waals surface area (Å²) in [6.45, 7) is 3.14. The summed E-state index contributed by atoms with van der Waals surface area (Å²) in [5, 5.41) is 14.8. The number of pyridine rings is 1. The first kappa shape index (κ1) is 19.0. The van der Waals surface area contributed by atoms with Gasteiger partial charge in [-0.1, -0.05) is 19.1 Å². The minimum Gasteiger partial charge on any atom is -0.343 e. The summed E-state index contributed by atoms with van der Waals surface area (Å²) in [4.78, 5) is 30.8. The van der Waals surface area contributed by atoms with Crippen molar-refractivity contribution >= 4 is 28.4 Å². The molecule has 1 spiro atoms. The first-order valence-corrected chi connectivity index (χ1v) is 10.9. The second kappa shape index (κ2) is 6.80. The van der Waals surface area contributed by atoms with E-state index in [1.807, 2.05) is 24.0 Å². The third-order valence-corrected chi connectivity index (χ3v) is 7.42. The van der Waals surface area contributed by atoms with Crippen molar-refractivity contribution in [3.8, 4) is 6.07 Å². The predicted octanol–water partition coefficient (Wildman–Crippen LogP) is 3.77. The Hall–Kier alpha value is -2.94.